The van der Waals surface area contributed by atoms with Gasteiger partial charge in [-0.15, -0.1) is 0 Å². The van der Waals surface area contributed by atoms with Crippen LogP contribution in [0.15, 0.2) is 10.7 Å². The summed E-state index contributed by atoms with van der Waals surface area (Å²) < 4.78 is 0. The number of rotatable bonds is 5. The van der Waals surface area contributed by atoms with Crippen molar-refractivity contribution >= 4 is 12.3 Å². The van der Waals surface area contributed by atoms with E-state index in [1.165, 1.54) is 4.90 Å². The third-order valence-corrected chi connectivity index (χ3v) is 1.42. The molecule has 0 saturated carbocycles. The van der Waals surface area contributed by atoms with Gasteiger partial charge in [-0.05, 0) is 21.0 Å². The predicted octanol–water partition coefficient (Wildman–Crippen LogP) is 0.175. The van der Waals surface area contributed by atoms with Crippen LogP contribution in [0.1, 0.15) is 13.3 Å². The highest BCUT2D eigenvalue weighted by atomic mass is 16.1. The molecule has 0 aliphatic carbocycles. The zero-order valence-electron chi connectivity index (χ0n) is 11.0. The topological polar surface area (TPSA) is 61.9 Å². The molecule has 0 aromatic rings. The second kappa shape index (κ2) is 11.8. The summed E-state index contributed by atoms with van der Waals surface area (Å²) in [4.78, 5) is 16.9. The summed E-state index contributed by atoms with van der Waals surface area (Å²) in [5, 5.41) is 0. The third-order valence-electron chi connectivity index (χ3n) is 1.42. The van der Waals surface area contributed by atoms with Crippen molar-refractivity contribution in [2.45, 2.75) is 13.3 Å². The molecular weight excluding hydrogens is 204 g/mol. The maximum atomic E-state index is 9.43. The summed E-state index contributed by atoms with van der Waals surface area (Å²) in [5.74, 6) is 2.78. The fraction of sp³-hybridized carbons (Fsp3) is 0.727. The molecule has 0 fully saturated rings. The zero-order valence-corrected chi connectivity index (χ0v) is 11.0. The van der Waals surface area contributed by atoms with Gasteiger partial charge in [0.25, 0.3) is 0 Å². The van der Waals surface area contributed by atoms with Crippen LogP contribution in [0.4, 0.5) is 0 Å². The monoisotopic (exact) mass is 228 g/mol. The number of carbonyl (C=O) groups is 1. The lowest BCUT2D eigenvalue weighted by atomic mass is 10.3. The lowest BCUT2D eigenvalue weighted by molar-refractivity contribution is -0.115. The molecule has 0 aliphatic heterocycles. The van der Waals surface area contributed by atoms with Crippen molar-refractivity contribution in [2.24, 2.45) is 10.7 Å². The van der Waals surface area contributed by atoms with E-state index in [1.54, 1.807) is 14.1 Å². The Kier molecular flexibility index (Phi) is 12.6. The molecule has 5 nitrogen and oxygen atoms in total. The van der Waals surface area contributed by atoms with Crippen molar-refractivity contribution in [2.75, 3.05) is 41.3 Å². The maximum absolute atomic E-state index is 9.43. The van der Waals surface area contributed by atoms with Crippen LogP contribution in [0, 0.1) is 0 Å². The normalized spacial score (nSPS) is 8.62. The molecule has 94 valence electrons. The van der Waals surface area contributed by atoms with E-state index in [-0.39, 0.29) is 0 Å². The first-order valence-corrected chi connectivity index (χ1v) is 5.24. The minimum atomic E-state index is 0.737. The Bertz CT molecular complexity index is 230. The smallest absolute Gasteiger partial charge is 0.209 e. The van der Waals surface area contributed by atoms with Gasteiger partial charge in [-0.25, -0.2) is 4.99 Å². The average molecular weight is 228 g/mol. The quantitative estimate of drug-likeness (QED) is 0.539. The number of hydrogen-bond acceptors (Lipinski definition) is 4. The van der Waals surface area contributed by atoms with Crippen LogP contribution in [0.3, 0.4) is 0 Å². The predicted molar refractivity (Wildman–Crippen MR) is 68.6 cm³/mol. The Balaban J connectivity index is 0. The van der Waals surface area contributed by atoms with Gasteiger partial charge in [0.05, 0.1) is 5.70 Å². The molecule has 0 rings (SSSR count). The Morgan fingerprint density at radius 2 is 1.88 bits per heavy atom. The van der Waals surface area contributed by atoms with Crippen molar-refractivity contribution in [3.05, 3.63) is 5.70 Å². The molecule has 0 saturated heterocycles. The lowest BCUT2D eigenvalue weighted by Crippen LogP contribution is -2.15. The Morgan fingerprint density at radius 3 is 2.19 bits per heavy atom. The van der Waals surface area contributed by atoms with Crippen molar-refractivity contribution in [3.8, 4) is 0 Å². The van der Waals surface area contributed by atoms with Crippen LogP contribution >= 0.6 is 0 Å². The van der Waals surface area contributed by atoms with Crippen LogP contribution in [-0.4, -0.2) is 63.4 Å². The van der Waals surface area contributed by atoms with E-state index in [2.05, 4.69) is 15.8 Å². The third kappa shape index (κ3) is 18.5. The second-order valence-electron chi connectivity index (χ2n) is 3.73. The van der Waals surface area contributed by atoms with E-state index in [9.17, 15) is 4.79 Å². The summed E-state index contributed by atoms with van der Waals surface area (Å²) >= 11 is 0. The Morgan fingerprint density at radius 1 is 1.38 bits per heavy atom. The van der Waals surface area contributed by atoms with Gasteiger partial charge in [0.15, 0.2) is 0 Å². The summed E-state index contributed by atoms with van der Waals surface area (Å²) in [6, 6.07) is 0. The molecule has 2 N–H and O–H groups in total. The molecule has 0 spiro atoms. The average Bonchev–Trinajstić information content (AvgIpc) is 2.24. The summed E-state index contributed by atoms with van der Waals surface area (Å²) in [5.41, 5.74) is 6.33. The van der Waals surface area contributed by atoms with Crippen LogP contribution in [0.2, 0.25) is 0 Å². The van der Waals surface area contributed by atoms with E-state index < -0.39 is 0 Å². The van der Waals surface area contributed by atoms with Crippen molar-refractivity contribution in [3.63, 3.8) is 0 Å². The number of carbonyl (C=O) groups excluding carboxylic acids is 1. The molecular formula is C11H24N4O. The fourth-order valence-corrected chi connectivity index (χ4v) is 0.581. The molecule has 0 radical (unpaired) electrons. The molecule has 0 aliphatic rings. The Hall–Kier alpha value is -1.32. The first-order valence-electron chi connectivity index (χ1n) is 5.24. The highest BCUT2D eigenvalue weighted by molar-refractivity contribution is 5.56. The molecule has 0 aromatic carbocycles. The molecule has 16 heavy (non-hydrogen) atoms. The molecule has 0 atom stereocenters. The fourth-order valence-electron chi connectivity index (χ4n) is 0.581. The largest absolute Gasteiger partial charge is 0.394 e. The van der Waals surface area contributed by atoms with Gasteiger partial charge >= 0.3 is 0 Å². The van der Waals surface area contributed by atoms with Gasteiger partial charge in [0, 0.05) is 39.5 Å². The molecule has 0 aromatic heterocycles. The van der Waals surface area contributed by atoms with Crippen LogP contribution in [0.5, 0.6) is 0 Å². The minimum absolute atomic E-state index is 0.737. The van der Waals surface area contributed by atoms with Gasteiger partial charge in [-0.1, -0.05) is 0 Å². The number of nitrogens with zero attached hydrogens (tertiary/aromatic N) is 3. The first kappa shape index (κ1) is 17.1. The van der Waals surface area contributed by atoms with Crippen LogP contribution in [-0.2, 0) is 4.79 Å². The second-order valence-corrected chi connectivity index (χ2v) is 3.73. The van der Waals surface area contributed by atoms with Crippen molar-refractivity contribution in [1.82, 2.24) is 9.80 Å². The minimum Gasteiger partial charge on any atom is -0.394 e. The van der Waals surface area contributed by atoms with Gasteiger partial charge in [-0.3, -0.25) is 4.79 Å². The highest BCUT2D eigenvalue weighted by Crippen LogP contribution is 1.88. The van der Waals surface area contributed by atoms with Crippen LogP contribution < -0.4 is 5.73 Å². The van der Waals surface area contributed by atoms with Crippen molar-refractivity contribution < 1.29 is 4.79 Å². The molecule has 1 amide bonds. The summed E-state index contributed by atoms with van der Waals surface area (Å²) in [7, 11) is 7.41. The molecule has 0 heterocycles. The van der Waals surface area contributed by atoms with Gasteiger partial charge in [0.1, 0.15) is 0 Å². The molecule has 0 bridgehead atoms. The van der Waals surface area contributed by atoms with E-state index in [0.717, 1.165) is 31.6 Å². The van der Waals surface area contributed by atoms with Gasteiger partial charge in [-0.2, -0.15) is 0 Å². The van der Waals surface area contributed by atoms with E-state index in [4.69, 9.17) is 5.73 Å². The van der Waals surface area contributed by atoms with E-state index in [1.807, 2.05) is 21.0 Å². The standard InChI is InChI=1S/C8H17N3.C3H7NO/c1-4-10-7-8(9)5-6-11(2)3;1-4(2)3-5/h4-6,9H2,1-3H3;3H,1-2H3. The van der Waals surface area contributed by atoms with Crippen LogP contribution in [0.25, 0.3) is 0 Å². The SMILES string of the molecule is CCN=C=C(N)CCN(C)C.CN(C)C=O. The zero-order chi connectivity index (χ0) is 13.0. The number of amides is 1. The summed E-state index contributed by atoms with van der Waals surface area (Å²) in [6.45, 7) is 3.67. The molecule has 5 heteroatoms. The first-order chi connectivity index (χ1) is 7.43. The molecule has 0 unspecified atom stereocenters. The van der Waals surface area contributed by atoms with E-state index in [0.29, 0.717) is 0 Å². The number of nitrogens with two attached hydrogens (primary N) is 1. The van der Waals surface area contributed by atoms with Crippen molar-refractivity contribution in [1.29, 1.82) is 0 Å². The van der Waals surface area contributed by atoms with Gasteiger partial charge < -0.3 is 15.5 Å². The summed E-state index contributed by atoms with van der Waals surface area (Å²) in [6.07, 6.45) is 1.59. The maximum Gasteiger partial charge on any atom is 0.209 e. The highest BCUT2D eigenvalue weighted by Gasteiger charge is 1.91. The lowest BCUT2D eigenvalue weighted by Gasteiger charge is -2.06. The number of hydrogen-bond donors (Lipinski definition) is 1. The number of aliphatic imine (C=N–C) groups is 1. The Labute approximate surface area is 98.6 Å². The van der Waals surface area contributed by atoms with Gasteiger partial charge in [0.2, 0.25) is 6.41 Å². The van der Waals surface area contributed by atoms with E-state index >= 15 is 0 Å².